The quantitative estimate of drug-likeness (QED) is 0.779. The molecule has 78 valence electrons. The highest BCUT2D eigenvalue weighted by atomic mass is 16.5. The summed E-state index contributed by atoms with van der Waals surface area (Å²) in [6.07, 6.45) is 1.10. The minimum atomic E-state index is 0.0632. The largest absolute Gasteiger partial charge is 0.491 e. The molecule has 0 spiro atoms. The van der Waals surface area contributed by atoms with Crippen LogP contribution in [-0.2, 0) is 6.42 Å². The van der Waals surface area contributed by atoms with Crippen molar-refractivity contribution in [3.8, 4) is 5.75 Å². The monoisotopic (exact) mass is 194 g/mol. The first-order valence-electron chi connectivity index (χ1n) is 5.05. The molecule has 14 heavy (non-hydrogen) atoms. The van der Waals surface area contributed by atoms with Gasteiger partial charge in [0, 0.05) is 0 Å². The van der Waals surface area contributed by atoms with Gasteiger partial charge in [-0.3, -0.25) is 0 Å². The van der Waals surface area contributed by atoms with E-state index in [-0.39, 0.29) is 6.61 Å². The van der Waals surface area contributed by atoms with Crippen molar-refractivity contribution in [2.45, 2.75) is 20.3 Å². The van der Waals surface area contributed by atoms with Crippen molar-refractivity contribution in [2.24, 2.45) is 5.92 Å². The van der Waals surface area contributed by atoms with Gasteiger partial charge in [-0.05, 0) is 30.0 Å². The van der Waals surface area contributed by atoms with Gasteiger partial charge in [0.05, 0.1) is 6.61 Å². The van der Waals surface area contributed by atoms with E-state index in [2.05, 4.69) is 26.0 Å². The summed E-state index contributed by atoms with van der Waals surface area (Å²) in [6.45, 7) is 4.84. The van der Waals surface area contributed by atoms with Crippen LogP contribution < -0.4 is 4.74 Å². The summed E-state index contributed by atoms with van der Waals surface area (Å²) in [5.41, 5.74) is 1.33. The SMILES string of the molecule is CC(C)Cc1ccc(OCCO)cc1. The van der Waals surface area contributed by atoms with Crippen LogP contribution in [0, 0.1) is 5.92 Å². The number of aliphatic hydroxyl groups is 1. The third kappa shape index (κ3) is 3.79. The lowest BCUT2D eigenvalue weighted by Crippen LogP contribution is -2.01. The van der Waals surface area contributed by atoms with Gasteiger partial charge in [-0.1, -0.05) is 26.0 Å². The van der Waals surface area contributed by atoms with Crippen LogP contribution in [0.4, 0.5) is 0 Å². The van der Waals surface area contributed by atoms with Crippen molar-refractivity contribution in [3.05, 3.63) is 29.8 Å². The van der Waals surface area contributed by atoms with Crippen LogP contribution in [0.2, 0.25) is 0 Å². The van der Waals surface area contributed by atoms with E-state index < -0.39 is 0 Å². The minimum Gasteiger partial charge on any atom is -0.491 e. The van der Waals surface area contributed by atoms with E-state index in [4.69, 9.17) is 9.84 Å². The summed E-state index contributed by atoms with van der Waals surface area (Å²) >= 11 is 0. The smallest absolute Gasteiger partial charge is 0.119 e. The van der Waals surface area contributed by atoms with Gasteiger partial charge in [-0.25, -0.2) is 0 Å². The zero-order valence-electron chi connectivity index (χ0n) is 8.86. The van der Waals surface area contributed by atoms with Crippen LogP contribution in [0.15, 0.2) is 24.3 Å². The highest BCUT2D eigenvalue weighted by molar-refractivity contribution is 5.27. The standard InChI is InChI=1S/C12H18O2/c1-10(2)9-11-3-5-12(6-4-11)14-8-7-13/h3-6,10,13H,7-9H2,1-2H3. The molecule has 0 unspecified atom stereocenters. The third-order valence-electron chi connectivity index (χ3n) is 1.93. The maximum absolute atomic E-state index is 8.58. The molecular weight excluding hydrogens is 176 g/mol. The number of hydrogen-bond acceptors (Lipinski definition) is 2. The molecule has 1 N–H and O–H groups in total. The molecule has 0 amide bonds. The highest BCUT2D eigenvalue weighted by Gasteiger charge is 1.98. The fraction of sp³-hybridized carbons (Fsp3) is 0.500. The minimum absolute atomic E-state index is 0.0632. The van der Waals surface area contributed by atoms with Crippen LogP contribution >= 0.6 is 0 Å². The summed E-state index contributed by atoms with van der Waals surface area (Å²) in [4.78, 5) is 0. The van der Waals surface area contributed by atoms with E-state index in [1.54, 1.807) is 0 Å². The average Bonchev–Trinajstić information content (AvgIpc) is 2.16. The Labute approximate surface area is 85.5 Å². The summed E-state index contributed by atoms with van der Waals surface area (Å²) in [6, 6.07) is 8.06. The molecular formula is C12H18O2. The Morgan fingerprint density at radius 2 is 1.86 bits per heavy atom. The maximum atomic E-state index is 8.58. The number of aliphatic hydroxyl groups excluding tert-OH is 1. The van der Waals surface area contributed by atoms with Crippen molar-refractivity contribution >= 4 is 0 Å². The second-order valence-electron chi connectivity index (χ2n) is 3.81. The Bertz CT molecular complexity index is 252. The third-order valence-corrected chi connectivity index (χ3v) is 1.93. The summed E-state index contributed by atoms with van der Waals surface area (Å²) in [5.74, 6) is 1.51. The lowest BCUT2D eigenvalue weighted by atomic mass is 10.0. The predicted molar refractivity (Wildman–Crippen MR) is 57.6 cm³/mol. The Hall–Kier alpha value is -1.02. The van der Waals surface area contributed by atoms with Crippen LogP contribution in [0.5, 0.6) is 5.75 Å². The zero-order valence-corrected chi connectivity index (χ0v) is 8.86. The molecule has 1 aromatic rings. The number of benzene rings is 1. The Kier molecular flexibility index (Phi) is 4.47. The van der Waals surface area contributed by atoms with Crippen LogP contribution in [0.1, 0.15) is 19.4 Å². The van der Waals surface area contributed by atoms with Gasteiger partial charge < -0.3 is 9.84 Å². The molecule has 0 atom stereocenters. The van der Waals surface area contributed by atoms with Crippen molar-refractivity contribution in [1.29, 1.82) is 0 Å². The maximum Gasteiger partial charge on any atom is 0.119 e. The highest BCUT2D eigenvalue weighted by Crippen LogP contribution is 2.14. The van der Waals surface area contributed by atoms with E-state index >= 15 is 0 Å². The van der Waals surface area contributed by atoms with Crippen molar-refractivity contribution in [2.75, 3.05) is 13.2 Å². The van der Waals surface area contributed by atoms with Crippen LogP contribution in [0.25, 0.3) is 0 Å². The summed E-state index contributed by atoms with van der Waals surface area (Å²) in [5, 5.41) is 8.58. The molecule has 2 nitrogen and oxygen atoms in total. The molecule has 2 heteroatoms. The summed E-state index contributed by atoms with van der Waals surface area (Å²) < 4.78 is 5.27. The van der Waals surface area contributed by atoms with E-state index in [0.29, 0.717) is 12.5 Å². The lowest BCUT2D eigenvalue weighted by molar-refractivity contribution is 0.201. The van der Waals surface area contributed by atoms with Gasteiger partial charge in [-0.15, -0.1) is 0 Å². The van der Waals surface area contributed by atoms with E-state index in [1.165, 1.54) is 5.56 Å². The normalized spacial score (nSPS) is 10.6. The van der Waals surface area contributed by atoms with Gasteiger partial charge in [0.2, 0.25) is 0 Å². The first-order chi connectivity index (χ1) is 6.72. The van der Waals surface area contributed by atoms with E-state index in [0.717, 1.165) is 12.2 Å². The molecule has 0 saturated heterocycles. The number of hydrogen-bond donors (Lipinski definition) is 1. The molecule has 1 rings (SSSR count). The zero-order chi connectivity index (χ0) is 10.4. The first-order valence-corrected chi connectivity index (χ1v) is 5.05. The van der Waals surface area contributed by atoms with Crippen molar-refractivity contribution in [1.82, 2.24) is 0 Å². The second kappa shape index (κ2) is 5.66. The molecule has 0 aliphatic rings. The van der Waals surface area contributed by atoms with Crippen molar-refractivity contribution in [3.63, 3.8) is 0 Å². The van der Waals surface area contributed by atoms with E-state index in [1.807, 2.05) is 12.1 Å². The van der Waals surface area contributed by atoms with Crippen LogP contribution in [-0.4, -0.2) is 18.3 Å². The van der Waals surface area contributed by atoms with Gasteiger partial charge in [0.25, 0.3) is 0 Å². The molecule has 0 aliphatic carbocycles. The van der Waals surface area contributed by atoms with Crippen LogP contribution in [0.3, 0.4) is 0 Å². The summed E-state index contributed by atoms with van der Waals surface area (Å²) in [7, 11) is 0. The Morgan fingerprint density at radius 1 is 1.21 bits per heavy atom. The van der Waals surface area contributed by atoms with Crippen molar-refractivity contribution < 1.29 is 9.84 Å². The van der Waals surface area contributed by atoms with E-state index in [9.17, 15) is 0 Å². The molecule has 0 heterocycles. The number of rotatable bonds is 5. The molecule has 0 aliphatic heterocycles. The molecule has 0 saturated carbocycles. The lowest BCUT2D eigenvalue weighted by Gasteiger charge is -2.07. The molecule has 0 radical (unpaired) electrons. The van der Waals surface area contributed by atoms with Gasteiger partial charge >= 0.3 is 0 Å². The molecule has 0 fully saturated rings. The Balaban J connectivity index is 2.50. The fourth-order valence-corrected chi connectivity index (χ4v) is 1.36. The second-order valence-corrected chi connectivity index (χ2v) is 3.81. The predicted octanol–water partition coefficient (Wildman–Crippen LogP) is 2.26. The average molecular weight is 194 g/mol. The number of ether oxygens (including phenoxy) is 1. The van der Waals surface area contributed by atoms with Gasteiger partial charge in [0.1, 0.15) is 12.4 Å². The van der Waals surface area contributed by atoms with Gasteiger partial charge in [0.15, 0.2) is 0 Å². The first kappa shape index (κ1) is 11.1. The Morgan fingerprint density at radius 3 is 2.36 bits per heavy atom. The topological polar surface area (TPSA) is 29.5 Å². The fourth-order valence-electron chi connectivity index (χ4n) is 1.36. The molecule has 0 bridgehead atoms. The molecule has 0 aromatic heterocycles. The molecule has 1 aromatic carbocycles. The van der Waals surface area contributed by atoms with Gasteiger partial charge in [-0.2, -0.15) is 0 Å².